The molecule has 1 saturated heterocycles. The fraction of sp³-hybridized carbons (Fsp3) is 0.259. The number of amides is 1. The van der Waals surface area contributed by atoms with Gasteiger partial charge in [-0.3, -0.25) is 14.7 Å². The maximum atomic E-state index is 13.5. The van der Waals surface area contributed by atoms with E-state index in [1.54, 1.807) is 36.7 Å². The number of piperidine rings is 1. The summed E-state index contributed by atoms with van der Waals surface area (Å²) in [7, 11) is 0. The van der Waals surface area contributed by atoms with Crippen molar-refractivity contribution in [1.29, 1.82) is 10.5 Å². The molecule has 1 aliphatic heterocycles. The number of hydrogen-bond donors (Lipinski definition) is 0. The van der Waals surface area contributed by atoms with E-state index >= 15 is 0 Å². The standard InChI is InChI=1S/C27H25N5O/c28-16-21-4-1-6-23(14-21)19-31-12-9-26(10-13-31)32(20-24-7-3-11-30-18-24)27(33)25-8-2-5-22(15-25)17-29/h1-8,11,14-15,18,26H,9-10,12-13,19-20H2. The molecule has 0 radical (unpaired) electrons. The molecular weight excluding hydrogens is 410 g/mol. The van der Waals surface area contributed by atoms with Gasteiger partial charge >= 0.3 is 0 Å². The van der Waals surface area contributed by atoms with Gasteiger partial charge in [-0.1, -0.05) is 24.3 Å². The summed E-state index contributed by atoms with van der Waals surface area (Å²) in [6, 6.07) is 22.9. The average Bonchev–Trinajstić information content (AvgIpc) is 2.88. The monoisotopic (exact) mass is 435 g/mol. The third-order valence-corrected chi connectivity index (χ3v) is 6.04. The fourth-order valence-corrected chi connectivity index (χ4v) is 4.33. The van der Waals surface area contributed by atoms with Crippen molar-refractivity contribution in [2.75, 3.05) is 13.1 Å². The molecule has 164 valence electrons. The van der Waals surface area contributed by atoms with Crippen LogP contribution in [0.3, 0.4) is 0 Å². The van der Waals surface area contributed by atoms with Crippen LogP contribution >= 0.6 is 0 Å². The van der Waals surface area contributed by atoms with Crippen LogP contribution in [-0.4, -0.2) is 39.8 Å². The number of carbonyl (C=O) groups is 1. The van der Waals surface area contributed by atoms with Crippen LogP contribution in [0.5, 0.6) is 0 Å². The van der Waals surface area contributed by atoms with Crippen LogP contribution in [-0.2, 0) is 13.1 Å². The van der Waals surface area contributed by atoms with Gasteiger partial charge in [0.25, 0.3) is 5.91 Å². The number of hydrogen-bond acceptors (Lipinski definition) is 5. The van der Waals surface area contributed by atoms with Crippen molar-refractivity contribution >= 4 is 5.91 Å². The number of aromatic nitrogens is 1. The maximum absolute atomic E-state index is 13.5. The van der Waals surface area contributed by atoms with E-state index in [1.165, 1.54) is 0 Å². The van der Waals surface area contributed by atoms with Crippen molar-refractivity contribution in [2.45, 2.75) is 32.0 Å². The van der Waals surface area contributed by atoms with Gasteiger partial charge in [-0.15, -0.1) is 0 Å². The zero-order valence-electron chi connectivity index (χ0n) is 18.4. The summed E-state index contributed by atoms with van der Waals surface area (Å²) in [5.41, 5.74) is 3.81. The fourth-order valence-electron chi connectivity index (χ4n) is 4.33. The Morgan fingerprint density at radius 2 is 1.67 bits per heavy atom. The van der Waals surface area contributed by atoms with Gasteiger partial charge in [-0.2, -0.15) is 10.5 Å². The molecule has 0 aliphatic carbocycles. The van der Waals surface area contributed by atoms with Crippen LogP contribution in [0.15, 0.2) is 73.1 Å². The number of rotatable bonds is 6. The van der Waals surface area contributed by atoms with Crippen LogP contribution in [0.25, 0.3) is 0 Å². The van der Waals surface area contributed by atoms with Crippen LogP contribution < -0.4 is 0 Å². The van der Waals surface area contributed by atoms with E-state index < -0.39 is 0 Å². The highest BCUT2D eigenvalue weighted by molar-refractivity contribution is 5.94. The number of nitrogens with zero attached hydrogens (tertiary/aromatic N) is 5. The van der Waals surface area contributed by atoms with Crippen LogP contribution in [0.2, 0.25) is 0 Å². The molecule has 0 unspecified atom stereocenters. The van der Waals surface area contributed by atoms with Crippen molar-refractivity contribution < 1.29 is 4.79 Å². The molecule has 1 aromatic heterocycles. The smallest absolute Gasteiger partial charge is 0.254 e. The molecule has 0 spiro atoms. The Bertz CT molecular complexity index is 1190. The van der Waals surface area contributed by atoms with Crippen molar-refractivity contribution in [2.24, 2.45) is 0 Å². The van der Waals surface area contributed by atoms with Gasteiger partial charge in [-0.25, -0.2) is 0 Å². The number of pyridine rings is 1. The number of carbonyl (C=O) groups excluding carboxylic acids is 1. The van der Waals surface area contributed by atoms with Gasteiger partial charge in [0.2, 0.25) is 0 Å². The van der Waals surface area contributed by atoms with Crippen LogP contribution in [0, 0.1) is 22.7 Å². The molecule has 33 heavy (non-hydrogen) atoms. The molecule has 0 bridgehead atoms. The summed E-state index contributed by atoms with van der Waals surface area (Å²) in [5.74, 6) is -0.0591. The molecule has 1 fully saturated rings. The second kappa shape index (κ2) is 10.5. The van der Waals surface area contributed by atoms with Gasteiger partial charge < -0.3 is 4.90 Å². The SMILES string of the molecule is N#Cc1cccc(CN2CCC(N(Cc3cccnc3)C(=O)c3cccc(C#N)c3)CC2)c1. The molecule has 3 aromatic rings. The summed E-state index contributed by atoms with van der Waals surface area (Å²) in [4.78, 5) is 22.0. The normalized spacial score (nSPS) is 14.2. The third-order valence-electron chi connectivity index (χ3n) is 6.04. The van der Waals surface area contributed by atoms with Gasteiger partial charge in [0, 0.05) is 50.2 Å². The molecule has 1 aliphatic rings. The van der Waals surface area contributed by atoms with Crippen LogP contribution in [0.1, 0.15) is 45.5 Å². The van der Waals surface area contributed by atoms with E-state index in [2.05, 4.69) is 22.0 Å². The molecule has 6 nitrogen and oxygen atoms in total. The predicted molar refractivity (Wildman–Crippen MR) is 125 cm³/mol. The zero-order chi connectivity index (χ0) is 23.0. The first-order valence-corrected chi connectivity index (χ1v) is 11.1. The van der Waals surface area contributed by atoms with Crippen LogP contribution in [0.4, 0.5) is 0 Å². The molecule has 2 aromatic carbocycles. The number of nitriles is 2. The third kappa shape index (κ3) is 5.63. The minimum Gasteiger partial charge on any atom is -0.331 e. The molecular formula is C27H25N5O. The summed E-state index contributed by atoms with van der Waals surface area (Å²) < 4.78 is 0. The van der Waals surface area contributed by atoms with Crippen molar-refractivity contribution in [3.05, 3.63) is 101 Å². The molecule has 2 heterocycles. The van der Waals surface area contributed by atoms with E-state index in [1.807, 2.05) is 41.3 Å². The zero-order valence-corrected chi connectivity index (χ0v) is 18.4. The van der Waals surface area contributed by atoms with Crippen molar-refractivity contribution in [1.82, 2.24) is 14.8 Å². The van der Waals surface area contributed by atoms with Crippen molar-refractivity contribution in [3.8, 4) is 12.1 Å². The number of benzene rings is 2. The van der Waals surface area contributed by atoms with E-state index in [9.17, 15) is 10.1 Å². The Morgan fingerprint density at radius 3 is 2.36 bits per heavy atom. The van der Waals surface area contributed by atoms with Gasteiger partial charge in [-0.05, 0) is 60.4 Å². The Hall–Kier alpha value is -4.00. The molecule has 0 N–H and O–H groups in total. The highest BCUT2D eigenvalue weighted by atomic mass is 16.2. The highest BCUT2D eigenvalue weighted by Gasteiger charge is 2.29. The Labute approximate surface area is 194 Å². The maximum Gasteiger partial charge on any atom is 0.254 e. The van der Waals surface area contributed by atoms with Gasteiger partial charge in [0.1, 0.15) is 0 Å². The summed E-state index contributed by atoms with van der Waals surface area (Å²) in [5, 5.41) is 18.4. The predicted octanol–water partition coefficient (Wildman–Crippen LogP) is 4.13. The topological polar surface area (TPSA) is 84.0 Å². The van der Waals surface area contributed by atoms with Gasteiger partial charge in [0.15, 0.2) is 0 Å². The molecule has 0 saturated carbocycles. The molecule has 6 heteroatoms. The lowest BCUT2D eigenvalue weighted by Gasteiger charge is -2.38. The second-order valence-corrected chi connectivity index (χ2v) is 8.31. The first kappa shape index (κ1) is 22.2. The Balaban J connectivity index is 1.48. The first-order chi connectivity index (χ1) is 16.2. The second-order valence-electron chi connectivity index (χ2n) is 8.31. The van der Waals surface area contributed by atoms with E-state index in [-0.39, 0.29) is 11.9 Å². The highest BCUT2D eigenvalue weighted by Crippen LogP contribution is 2.23. The molecule has 0 atom stereocenters. The van der Waals surface area contributed by atoms with E-state index in [4.69, 9.17) is 5.26 Å². The van der Waals surface area contributed by atoms with Gasteiger partial charge in [0.05, 0.1) is 23.3 Å². The average molecular weight is 436 g/mol. The lowest BCUT2D eigenvalue weighted by Crippen LogP contribution is -2.46. The summed E-state index contributed by atoms with van der Waals surface area (Å²) >= 11 is 0. The lowest BCUT2D eigenvalue weighted by molar-refractivity contribution is 0.0542. The number of likely N-dealkylation sites (tertiary alicyclic amines) is 1. The molecule has 4 rings (SSSR count). The minimum absolute atomic E-state index is 0.0591. The Morgan fingerprint density at radius 1 is 0.970 bits per heavy atom. The Kier molecular flexibility index (Phi) is 7.09. The molecule has 1 amide bonds. The summed E-state index contributed by atoms with van der Waals surface area (Å²) in [6.45, 7) is 3.02. The van der Waals surface area contributed by atoms with Crippen molar-refractivity contribution in [3.63, 3.8) is 0 Å². The van der Waals surface area contributed by atoms with E-state index in [0.717, 1.165) is 43.6 Å². The quantitative estimate of drug-likeness (QED) is 0.581. The first-order valence-electron chi connectivity index (χ1n) is 11.1. The van der Waals surface area contributed by atoms with E-state index in [0.29, 0.717) is 23.2 Å². The largest absolute Gasteiger partial charge is 0.331 e. The minimum atomic E-state index is -0.0591. The summed E-state index contributed by atoms with van der Waals surface area (Å²) in [6.07, 6.45) is 5.25. The lowest BCUT2D eigenvalue weighted by atomic mass is 10.00.